The minimum Gasteiger partial charge on any atom is -0.323 e. The van der Waals surface area contributed by atoms with Crippen molar-refractivity contribution in [2.24, 2.45) is 0 Å². The number of anilines is 1. The van der Waals surface area contributed by atoms with E-state index in [0.29, 0.717) is 12.2 Å². The maximum Gasteiger partial charge on any atom is 0.292 e. The summed E-state index contributed by atoms with van der Waals surface area (Å²) >= 11 is 0. The summed E-state index contributed by atoms with van der Waals surface area (Å²) < 4.78 is 13.0. The number of hydrogen-bond donors (Lipinski definition) is 1. The van der Waals surface area contributed by atoms with Crippen LogP contribution in [0, 0.1) is 5.82 Å². The molecule has 3 rings (SSSR count). The fourth-order valence-corrected chi connectivity index (χ4v) is 2.82. The van der Waals surface area contributed by atoms with Crippen LogP contribution in [0.4, 0.5) is 10.1 Å². The number of pyridine rings is 1. The van der Waals surface area contributed by atoms with Gasteiger partial charge < -0.3 is 4.90 Å². The lowest BCUT2D eigenvalue weighted by atomic mass is 10.2. The molecule has 0 aliphatic carbocycles. The van der Waals surface area contributed by atoms with Gasteiger partial charge in [-0.1, -0.05) is 0 Å². The molecule has 1 saturated heterocycles. The Morgan fingerprint density at radius 3 is 2.48 bits per heavy atom. The molecule has 1 aromatic heterocycles. The molecule has 1 N–H and O–H groups in total. The summed E-state index contributed by atoms with van der Waals surface area (Å²) in [4.78, 5) is 30.9. The van der Waals surface area contributed by atoms with Crippen molar-refractivity contribution in [3.05, 3.63) is 60.2 Å². The second-order valence-corrected chi connectivity index (χ2v) is 5.68. The largest absolute Gasteiger partial charge is 0.323 e. The smallest absolute Gasteiger partial charge is 0.292 e. The van der Waals surface area contributed by atoms with E-state index in [1.165, 1.54) is 24.3 Å². The Morgan fingerprint density at radius 1 is 1.17 bits per heavy atom. The summed E-state index contributed by atoms with van der Waals surface area (Å²) in [6.45, 7) is 0.628. The van der Waals surface area contributed by atoms with Crippen molar-refractivity contribution in [1.82, 2.24) is 4.98 Å². The first kappa shape index (κ1) is 15.3. The highest BCUT2D eigenvalue weighted by Gasteiger charge is 2.44. The lowest BCUT2D eigenvalue weighted by molar-refractivity contribution is -0.908. The number of nitrogens with one attached hydrogen (secondary N) is 1. The van der Waals surface area contributed by atoms with E-state index in [1.54, 1.807) is 12.4 Å². The zero-order valence-corrected chi connectivity index (χ0v) is 12.7. The van der Waals surface area contributed by atoms with Crippen LogP contribution in [-0.4, -0.2) is 29.9 Å². The van der Waals surface area contributed by atoms with Crippen molar-refractivity contribution >= 4 is 17.5 Å². The molecule has 118 valence electrons. The fourth-order valence-electron chi connectivity index (χ4n) is 2.82. The van der Waals surface area contributed by atoms with Crippen molar-refractivity contribution in [3.63, 3.8) is 0 Å². The van der Waals surface area contributed by atoms with Gasteiger partial charge in [0.05, 0.1) is 19.2 Å². The van der Waals surface area contributed by atoms with Gasteiger partial charge in [0.2, 0.25) is 5.91 Å². The van der Waals surface area contributed by atoms with Crippen LogP contribution >= 0.6 is 0 Å². The number of imide groups is 1. The molecule has 2 heterocycles. The van der Waals surface area contributed by atoms with Crippen LogP contribution in [0.2, 0.25) is 0 Å². The van der Waals surface area contributed by atoms with Gasteiger partial charge in [0, 0.05) is 18.0 Å². The van der Waals surface area contributed by atoms with Gasteiger partial charge in [-0.25, -0.2) is 9.29 Å². The van der Waals surface area contributed by atoms with Gasteiger partial charge in [0.25, 0.3) is 5.91 Å². The van der Waals surface area contributed by atoms with Crippen LogP contribution in [0.15, 0.2) is 48.8 Å². The van der Waals surface area contributed by atoms with Crippen LogP contribution < -0.4 is 9.80 Å². The van der Waals surface area contributed by atoms with Crippen molar-refractivity contribution in [2.45, 2.75) is 19.0 Å². The summed E-state index contributed by atoms with van der Waals surface area (Å²) in [7, 11) is 1.89. The number of carbonyl (C=O) groups excluding carboxylic acids is 2. The van der Waals surface area contributed by atoms with E-state index >= 15 is 0 Å². The molecule has 0 radical (unpaired) electrons. The molecule has 5 nitrogen and oxygen atoms in total. The van der Waals surface area contributed by atoms with Gasteiger partial charge in [-0.3, -0.25) is 14.6 Å². The predicted molar refractivity (Wildman–Crippen MR) is 82.1 cm³/mol. The molecule has 0 spiro atoms. The molecule has 0 saturated carbocycles. The van der Waals surface area contributed by atoms with E-state index < -0.39 is 11.9 Å². The number of hydrogen-bond acceptors (Lipinski definition) is 3. The monoisotopic (exact) mass is 314 g/mol. The molecular weight excluding hydrogens is 297 g/mol. The van der Waals surface area contributed by atoms with E-state index in [2.05, 4.69) is 4.98 Å². The molecule has 1 aliphatic heterocycles. The topological polar surface area (TPSA) is 54.7 Å². The van der Waals surface area contributed by atoms with E-state index in [9.17, 15) is 14.0 Å². The Kier molecular flexibility index (Phi) is 4.16. The van der Waals surface area contributed by atoms with Crippen LogP contribution in [-0.2, 0) is 16.1 Å². The van der Waals surface area contributed by atoms with Gasteiger partial charge in [-0.05, 0) is 36.4 Å². The minimum atomic E-state index is -0.430. The van der Waals surface area contributed by atoms with Gasteiger partial charge in [0.1, 0.15) is 12.4 Å². The van der Waals surface area contributed by atoms with Crippen molar-refractivity contribution in [2.75, 3.05) is 11.9 Å². The lowest BCUT2D eigenvalue weighted by Crippen LogP contribution is -3.12. The van der Waals surface area contributed by atoms with E-state index in [0.717, 1.165) is 15.4 Å². The van der Waals surface area contributed by atoms with Crippen molar-refractivity contribution in [3.8, 4) is 0 Å². The molecule has 1 aromatic carbocycles. The van der Waals surface area contributed by atoms with Crippen LogP contribution in [0.5, 0.6) is 0 Å². The normalized spacial score (nSPS) is 19.2. The van der Waals surface area contributed by atoms with Gasteiger partial charge in [-0.2, -0.15) is 0 Å². The summed E-state index contributed by atoms with van der Waals surface area (Å²) in [6, 6.07) is 8.75. The maximum absolute atomic E-state index is 13.0. The highest BCUT2D eigenvalue weighted by Crippen LogP contribution is 2.22. The van der Waals surface area contributed by atoms with E-state index in [1.807, 2.05) is 19.2 Å². The molecule has 23 heavy (non-hydrogen) atoms. The lowest BCUT2D eigenvalue weighted by Gasteiger charge is -2.20. The summed E-state index contributed by atoms with van der Waals surface area (Å²) in [5.41, 5.74) is 1.47. The Bertz CT molecular complexity index is 718. The molecule has 1 aliphatic rings. The van der Waals surface area contributed by atoms with Gasteiger partial charge >= 0.3 is 0 Å². The minimum absolute atomic E-state index is 0.160. The van der Waals surface area contributed by atoms with Gasteiger partial charge in [0.15, 0.2) is 6.04 Å². The number of likely N-dealkylation sites (N-methyl/N-ethyl adjacent to an activating group) is 1. The highest BCUT2D eigenvalue weighted by molar-refractivity contribution is 6.21. The zero-order chi connectivity index (χ0) is 16.4. The summed E-state index contributed by atoms with van der Waals surface area (Å²) in [5, 5.41) is 0. The van der Waals surface area contributed by atoms with Gasteiger partial charge in [-0.15, -0.1) is 0 Å². The average Bonchev–Trinajstić information content (AvgIpc) is 2.84. The number of rotatable bonds is 4. The second-order valence-electron chi connectivity index (χ2n) is 5.68. The number of amides is 2. The Labute approximate surface area is 133 Å². The number of quaternary nitrogens is 1. The average molecular weight is 314 g/mol. The summed E-state index contributed by atoms with van der Waals surface area (Å²) in [6.07, 6.45) is 3.57. The summed E-state index contributed by atoms with van der Waals surface area (Å²) in [5.74, 6) is -0.890. The fraction of sp³-hybridized carbons (Fsp3) is 0.235. The van der Waals surface area contributed by atoms with Crippen LogP contribution in [0.3, 0.4) is 0 Å². The molecule has 2 aromatic rings. The second kappa shape index (κ2) is 6.26. The number of nitrogens with zero attached hydrogens (tertiary/aromatic N) is 2. The maximum atomic E-state index is 13.0. The van der Waals surface area contributed by atoms with E-state index in [4.69, 9.17) is 0 Å². The quantitative estimate of drug-likeness (QED) is 0.840. The Morgan fingerprint density at radius 2 is 1.83 bits per heavy atom. The third-order valence-electron chi connectivity index (χ3n) is 4.06. The highest BCUT2D eigenvalue weighted by atomic mass is 19.1. The Balaban J connectivity index is 1.76. The zero-order valence-electron chi connectivity index (χ0n) is 12.7. The number of halogens is 1. The van der Waals surface area contributed by atoms with Crippen molar-refractivity contribution < 1.29 is 18.9 Å². The van der Waals surface area contributed by atoms with E-state index in [-0.39, 0.29) is 18.2 Å². The molecule has 2 amide bonds. The third kappa shape index (κ3) is 3.12. The first-order chi connectivity index (χ1) is 11.1. The molecule has 1 fully saturated rings. The Hall–Kier alpha value is -2.60. The third-order valence-corrected chi connectivity index (χ3v) is 4.06. The van der Waals surface area contributed by atoms with Crippen molar-refractivity contribution in [1.29, 1.82) is 0 Å². The molecule has 2 atom stereocenters. The molecule has 1 unspecified atom stereocenters. The van der Waals surface area contributed by atoms with Crippen LogP contribution in [0.1, 0.15) is 12.0 Å². The van der Waals surface area contributed by atoms with Crippen LogP contribution in [0.25, 0.3) is 0 Å². The number of benzene rings is 1. The number of aromatic nitrogens is 1. The predicted octanol–water partition coefficient (Wildman–Crippen LogP) is 0.568. The molecule has 0 bridgehead atoms. The standard InChI is InChI=1S/C17H16FN3O2/c1-20(11-12-6-8-19-9-7-12)15-10-16(22)21(17(15)23)14-4-2-13(18)3-5-14/h2-9,15H,10-11H2,1H3/p+1/t15-/m1/s1. The first-order valence-electron chi connectivity index (χ1n) is 7.40. The molecular formula is C17H17FN3O2+. The SMILES string of the molecule is C[NH+](Cc1ccncc1)[C@@H]1CC(=O)N(c2ccc(F)cc2)C1=O. The number of carbonyl (C=O) groups is 2. The molecule has 6 heteroatoms. The first-order valence-corrected chi connectivity index (χ1v) is 7.40.